The van der Waals surface area contributed by atoms with E-state index in [-0.39, 0.29) is 0 Å². The third kappa shape index (κ3) is 4.23. The lowest BCUT2D eigenvalue weighted by Crippen LogP contribution is -2.12. The predicted octanol–water partition coefficient (Wildman–Crippen LogP) is 3.44. The number of hydrogen-bond donors (Lipinski definition) is 1. The topological polar surface area (TPSA) is 42.7 Å². The fourth-order valence-corrected chi connectivity index (χ4v) is 3.26. The highest BCUT2D eigenvalue weighted by Crippen LogP contribution is 2.20. The molecule has 0 saturated heterocycles. The highest BCUT2D eigenvalue weighted by molar-refractivity contribution is 9.11. The largest absolute Gasteiger partial charge is 0.309 e. The van der Waals surface area contributed by atoms with Gasteiger partial charge in [0.15, 0.2) is 0 Å². The van der Waals surface area contributed by atoms with Gasteiger partial charge in [-0.15, -0.1) is 11.3 Å². The summed E-state index contributed by atoms with van der Waals surface area (Å²) in [6.07, 6.45) is 3.29. The predicted molar refractivity (Wildman–Crippen MR) is 88.1 cm³/mol. The SMILES string of the molecule is Brc1cc(CNCc2ccc(Cn3cncn3)cc2)cs1. The maximum absolute atomic E-state index is 4.11. The molecular weight excluding hydrogens is 348 g/mol. The maximum atomic E-state index is 4.11. The summed E-state index contributed by atoms with van der Waals surface area (Å²) >= 11 is 5.20. The fourth-order valence-electron chi connectivity index (χ4n) is 2.05. The molecular formula is C15H15BrN4S. The van der Waals surface area contributed by atoms with Crippen LogP contribution in [0.4, 0.5) is 0 Å². The summed E-state index contributed by atoms with van der Waals surface area (Å²) < 4.78 is 3.00. The van der Waals surface area contributed by atoms with Crippen molar-refractivity contribution in [1.82, 2.24) is 20.1 Å². The van der Waals surface area contributed by atoms with E-state index in [0.717, 1.165) is 19.6 Å². The smallest absolute Gasteiger partial charge is 0.137 e. The first-order valence-electron chi connectivity index (χ1n) is 6.63. The third-order valence-electron chi connectivity index (χ3n) is 3.11. The van der Waals surface area contributed by atoms with Crippen molar-refractivity contribution in [2.75, 3.05) is 0 Å². The molecule has 1 N–H and O–H groups in total. The normalized spacial score (nSPS) is 10.9. The van der Waals surface area contributed by atoms with Crippen molar-refractivity contribution in [3.05, 3.63) is 68.8 Å². The molecule has 1 aromatic carbocycles. The number of aromatic nitrogens is 3. The van der Waals surface area contributed by atoms with Crippen molar-refractivity contribution in [3.63, 3.8) is 0 Å². The van der Waals surface area contributed by atoms with Gasteiger partial charge in [-0.1, -0.05) is 24.3 Å². The second-order valence-electron chi connectivity index (χ2n) is 4.77. The summed E-state index contributed by atoms with van der Waals surface area (Å²) in [6, 6.07) is 10.7. The summed E-state index contributed by atoms with van der Waals surface area (Å²) in [5.74, 6) is 0. The minimum absolute atomic E-state index is 0.761. The summed E-state index contributed by atoms with van der Waals surface area (Å²) in [5.41, 5.74) is 3.83. The van der Waals surface area contributed by atoms with Gasteiger partial charge in [-0.25, -0.2) is 9.67 Å². The van der Waals surface area contributed by atoms with Crippen molar-refractivity contribution >= 4 is 27.3 Å². The van der Waals surface area contributed by atoms with E-state index in [4.69, 9.17) is 0 Å². The molecule has 0 spiro atoms. The van der Waals surface area contributed by atoms with E-state index in [1.807, 2.05) is 4.68 Å². The average Bonchev–Trinajstić information content (AvgIpc) is 3.13. The molecule has 0 aliphatic heterocycles. The van der Waals surface area contributed by atoms with Crippen LogP contribution in [0.15, 0.2) is 52.2 Å². The molecule has 3 aromatic rings. The van der Waals surface area contributed by atoms with Crippen LogP contribution in [-0.2, 0) is 19.6 Å². The first-order valence-corrected chi connectivity index (χ1v) is 8.31. The average molecular weight is 363 g/mol. The van der Waals surface area contributed by atoms with Crippen molar-refractivity contribution in [2.24, 2.45) is 0 Å². The van der Waals surface area contributed by atoms with Gasteiger partial charge >= 0.3 is 0 Å². The second kappa shape index (κ2) is 6.98. The van der Waals surface area contributed by atoms with Crippen molar-refractivity contribution in [1.29, 1.82) is 0 Å². The van der Waals surface area contributed by atoms with Crippen LogP contribution in [0.25, 0.3) is 0 Å². The Morgan fingerprint density at radius 3 is 2.52 bits per heavy atom. The molecule has 2 aromatic heterocycles. The Kier molecular flexibility index (Phi) is 4.80. The molecule has 0 aliphatic carbocycles. The van der Waals surface area contributed by atoms with E-state index in [2.05, 4.69) is 67.0 Å². The van der Waals surface area contributed by atoms with Crippen LogP contribution in [0.2, 0.25) is 0 Å². The Labute approximate surface area is 136 Å². The minimum Gasteiger partial charge on any atom is -0.309 e. The first kappa shape index (κ1) is 14.4. The van der Waals surface area contributed by atoms with Gasteiger partial charge in [0.2, 0.25) is 0 Å². The molecule has 4 nitrogen and oxygen atoms in total. The van der Waals surface area contributed by atoms with Gasteiger partial charge in [0, 0.05) is 13.1 Å². The van der Waals surface area contributed by atoms with E-state index in [9.17, 15) is 0 Å². The Balaban J connectivity index is 1.50. The lowest BCUT2D eigenvalue weighted by molar-refractivity contribution is 0.680. The zero-order chi connectivity index (χ0) is 14.5. The first-order chi connectivity index (χ1) is 10.3. The number of hydrogen-bond acceptors (Lipinski definition) is 4. The van der Waals surface area contributed by atoms with Crippen LogP contribution < -0.4 is 5.32 Å². The summed E-state index contributed by atoms with van der Waals surface area (Å²) in [7, 11) is 0. The van der Waals surface area contributed by atoms with Gasteiger partial charge < -0.3 is 5.32 Å². The molecule has 0 aliphatic rings. The highest BCUT2D eigenvalue weighted by Gasteiger charge is 1.99. The van der Waals surface area contributed by atoms with Gasteiger partial charge in [0.05, 0.1) is 10.3 Å². The third-order valence-corrected chi connectivity index (χ3v) is 4.67. The molecule has 2 heterocycles. The number of nitrogens with one attached hydrogen (secondary N) is 1. The lowest BCUT2D eigenvalue weighted by atomic mass is 10.1. The fraction of sp³-hybridized carbons (Fsp3) is 0.200. The maximum Gasteiger partial charge on any atom is 0.137 e. The molecule has 21 heavy (non-hydrogen) atoms. The molecule has 0 fully saturated rings. The van der Waals surface area contributed by atoms with Crippen molar-refractivity contribution in [3.8, 4) is 0 Å². The Morgan fingerprint density at radius 1 is 1.10 bits per heavy atom. The van der Waals surface area contributed by atoms with Crippen LogP contribution >= 0.6 is 27.3 Å². The van der Waals surface area contributed by atoms with Gasteiger partial charge in [-0.2, -0.15) is 5.10 Å². The second-order valence-corrected chi connectivity index (χ2v) is 7.06. The quantitative estimate of drug-likeness (QED) is 0.730. The monoisotopic (exact) mass is 362 g/mol. The number of rotatable bonds is 6. The lowest BCUT2D eigenvalue weighted by Gasteiger charge is -2.06. The van der Waals surface area contributed by atoms with Crippen LogP contribution in [0.5, 0.6) is 0 Å². The molecule has 0 unspecified atom stereocenters. The van der Waals surface area contributed by atoms with Gasteiger partial charge in [0.25, 0.3) is 0 Å². The number of thiophene rings is 1. The van der Waals surface area contributed by atoms with E-state index in [1.54, 1.807) is 24.0 Å². The molecule has 6 heteroatoms. The summed E-state index contributed by atoms with van der Waals surface area (Å²) in [5, 5.41) is 9.73. The van der Waals surface area contributed by atoms with Gasteiger partial charge in [-0.05, 0) is 44.1 Å². The summed E-state index contributed by atoms with van der Waals surface area (Å²) in [4.78, 5) is 3.95. The van der Waals surface area contributed by atoms with Crippen LogP contribution in [0.1, 0.15) is 16.7 Å². The van der Waals surface area contributed by atoms with Crippen molar-refractivity contribution < 1.29 is 0 Å². The number of halogens is 1. The zero-order valence-electron chi connectivity index (χ0n) is 11.4. The standard InChI is InChI=1S/C15H15BrN4S/c16-15-5-14(9-21-15)7-17-6-12-1-3-13(4-2-12)8-20-11-18-10-19-20/h1-5,9-11,17H,6-8H2. The van der Waals surface area contributed by atoms with Crippen molar-refractivity contribution in [2.45, 2.75) is 19.6 Å². The van der Waals surface area contributed by atoms with E-state index >= 15 is 0 Å². The molecule has 0 bridgehead atoms. The molecule has 3 rings (SSSR count). The number of benzene rings is 1. The molecule has 0 saturated carbocycles. The molecule has 0 amide bonds. The summed E-state index contributed by atoms with van der Waals surface area (Å²) in [6.45, 7) is 2.52. The van der Waals surface area contributed by atoms with E-state index in [0.29, 0.717) is 0 Å². The molecule has 0 radical (unpaired) electrons. The Bertz CT molecular complexity index is 676. The van der Waals surface area contributed by atoms with Gasteiger partial charge in [-0.3, -0.25) is 0 Å². The Morgan fingerprint density at radius 2 is 1.86 bits per heavy atom. The zero-order valence-corrected chi connectivity index (χ0v) is 13.8. The van der Waals surface area contributed by atoms with E-state index in [1.165, 1.54) is 20.5 Å². The Hall–Kier alpha value is -1.50. The van der Waals surface area contributed by atoms with Crippen LogP contribution in [-0.4, -0.2) is 14.8 Å². The van der Waals surface area contributed by atoms with Crippen LogP contribution in [0.3, 0.4) is 0 Å². The van der Waals surface area contributed by atoms with Crippen LogP contribution in [0, 0.1) is 0 Å². The van der Waals surface area contributed by atoms with Gasteiger partial charge in [0.1, 0.15) is 12.7 Å². The molecule has 0 atom stereocenters. The van der Waals surface area contributed by atoms with E-state index < -0.39 is 0 Å². The number of nitrogens with zero attached hydrogens (tertiary/aromatic N) is 3. The highest BCUT2D eigenvalue weighted by atomic mass is 79.9. The minimum atomic E-state index is 0.761. The molecule has 108 valence electrons.